The van der Waals surface area contributed by atoms with Gasteiger partial charge in [-0.05, 0) is 18.2 Å². The Kier molecular flexibility index (Phi) is 4.30. The number of hydrogen-bond acceptors (Lipinski definition) is 2. The number of rotatable bonds is 2. The van der Waals surface area contributed by atoms with Gasteiger partial charge in [0, 0.05) is 24.1 Å². The van der Waals surface area contributed by atoms with E-state index in [0.717, 1.165) is 12.1 Å². The maximum Gasteiger partial charge on any atom is 0.417 e. The van der Waals surface area contributed by atoms with E-state index in [1.54, 1.807) is 0 Å². The molecule has 0 heterocycles. The lowest BCUT2D eigenvalue weighted by molar-refractivity contribution is -0.137. The molecule has 0 bridgehead atoms. The molecule has 17 heavy (non-hydrogen) atoms. The van der Waals surface area contributed by atoms with Gasteiger partial charge in [0.15, 0.2) is 6.29 Å². The lowest BCUT2D eigenvalue weighted by Gasteiger charge is -2.09. The van der Waals surface area contributed by atoms with Crippen LogP contribution in [0.4, 0.5) is 13.2 Å². The average molecular weight is 241 g/mol. The summed E-state index contributed by atoms with van der Waals surface area (Å²) in [6.45, 7) is 0.353. The van der Waals surface area contributed by atoms with Gasteiger partial charge < -0.3 is 5.73 Å². The lowest BCUT2D eigenvalue weighted by Crippen LogP contribution is -2.09. The van der Waals surface area contributed by atoms with Crippen molar-refractivity contribution in [3.8, 4) is 11.8 Å². The quantitative estimate of drug-likeness (QED) is 0.637. The minimum atomic E-state index is -4.55. The van der Waals surface area contributed by atoms with Crippen molar-refractivity contribution in [2.45, 2.75) is 12.6 Å². The van der Waals surface area contributed by atoms with Gasteiger partial charge in [0.2, 0.25) is 0 Å². The molecule has 0 radical (unpaired) electrons. The largest absolute Gasteiger partial charge is 0.417 e. The zero-order valence-corrected chi connectivity index (χ0v) is 8.84. The van der Waals surface area contributed by atoms with Gasteiger partial charge in [-0.3, -0.25) is 4.79 Å². The van der Waals surface area contributed by atoms with Crippen molar-refractivity contribution in [2.75, 3.05) is 6.54 Å². The molecule has 90 valence electrons. The van der Waals surface area contributed by atoms with Gasteiger partial charge in [0.05, 0.1) is 5.56 Å². The fourth-order valence-corrected chi connectivity index (χ4v) is 1.22. The molecule has 0 spiro atoms. The van der Waals surface area contributed by atoms with E-state index < -0.39 is 11.7 Å². The van der Waals surface area contributed by atoms with E-state index in [9.17, 15) is 18.0 Å². The first-order chi connectivity index (χ1) is 7.99. The third kappa shape index (κ3) is 3.61. The zero-order chi connectivity index (χ0) is 12.9. The van der Waals surface area contributed by atoms with E-state index in [1.165, 1.54) is 6.07 Å². The van der Waals surface area contributed by atoms with Crippen LogP contribution in [0.2, 0.25) is 0 Å². The third-order valence-corrected chi connectivity index (χ3v) is 1.99. The molecular weight excluding hydrogens is 231 g/mol. The maximum absolute atomic E-state index is 12.6. The Morgan fingerprint density at radius 1 is 1.35 bits per heavy atom. The Morgan fingerprint density at radius 3 is 2.59 bits per heavy atom. The molecule has 0 unspecified atom stereocenters. The molecule has 2 nitrogen and oxygen atoms in total. The summed E-state index contributed by atoms with van der Waals surface area (Å²) in [6, 6.07) is 3.36. The van der Waals surface area contributed by atoms with Crippen LogP contribution >= 0.6 is 0 Å². The van der Waals surface area contributed by atoms with Crippen molar-refractivity contribution < 1.29 is 18.0 Å². The molecule has 5 heteroatoms. The van der Waals surface area contributed by atoms with Gasteiger partial charge in [-0.1, -0.05) is 11.8 Å². The normalized spacial score (nSPS) is 10.6. The summed E-state index contributed by atoms with van der Waals surface area (Å²) in [6.07, 6.45) is -3.96. The van der Waals surface area contributed by atoms with Crippen LogP contribution in [0.15, 0.2) is 18.2 Å². The monoisotopic (exact) mass is 241 g/mol. The SMILES string of the molecule is NCCC#Cc1ccc(C=O)c(C(F)(F)F)c1. The average Bonchev–Trinajstić information content (AvgIpc) is 2.28. The molecular formula is C12H10F3NO. The molecule has 1 rings (SSSR count). The minimum Gasteiger partial charge on any atom is -0.330 e. The van der Waals surface area contributed by atoms with E-state index in [2.05, 4.69) is 11.8 Å². The molecule has 2 N–H and O–H groups in total. The second kappa shape index (κ2) is 5.51. The highest BCUT2D eigenvalue weighted by atomic mass is 19.4. The predicted molar refractivity (Wildman–Crippen MR) is 57.4 cm³/mol. The topological polar surface area (TPSA) is 43.1 Å². The van der Waals surface area contributed by atoms with Crippen LogP contribution in [-0.2, 0) is 6.18 Å². The van der Waals surface area contributed by atoms with E-state index in [-0.39, 0.29) is 17.4 Å². The number of halogens is 3. The highest BCUT2D eigenvalue weighted by Gasteiger charge is 2.33. The standard InChI is InChI=1S/C12H10F3NO/c13-12(14,15)11-7-9(3-1-2-6-16)4-5-10(11)8-17/h4-5,7-8H,2,6,16H2. The van der Waals surface area contributed by atoms with E-state index in [4.69, 9.17) is 5.73 Å². The number of alkyl halides is 3. The van der Waals surface area contributed by atoms with E-state index in [1.807, 2.05) is 0 Å². The van der Waals surface area contributed by atoms with Gasteiger partial charge in [-0.15, -0.1) is 0 Å². The first-order valence-corrected chi connectivity index (χ1v) is 4.84. The van der Waals surface area contributed by atoms with Crippen LogP contribution < -0.4 is 5.73 Å². The molecule has 0 saturated carbocycles. The van der Waals surface area contributed by atoms with E-state index >= 15 is 0 Å². The smallest absolute Gasteiger partial charge is 0.330 e. The number of nitrogens with two attached hydrogens (primary N) is 1. The summed E-state index contributed by atoms with van der Waals surface area (Å²) in [4.78, 5) is 10.5. The van der Waals surface area contributed by atoms with Gasteiger partial charge in [-0.2, -0.15) is 13.2 Å². The number of hydrogen-bond donors (Lipinski definition) is 1. The summed E-state index contributed by atoms with van der Waals surface area (Å²) >= 11 is 0. The molecule has 0 aliphatic carbocycles. The molecule has 0 amide bonds. The molecule has 0 aromatic heterocycles. The number of carbonyl (C=O) groups excluding carboxylic acids is 1. The Labute approximate surface area is 96.6 Å². The summed E-state index contributed by atoms with van der Waals surface area (Å²) in [5.74, 6) is 5.20. The number of carbonyl (C=O) groups is 1. The number of benzene rings is 1. The van der Waals surface area contributed by atoms with E-state index in [0.29, 0.717) is 13.0 Å². The predicted octanol–water partition coefficient (Wildman–Crippen LogP) is 2.22. The maximum atomic E-state index is 12.6. The minimum absolute atomic E-state index is 0.180. The lowest BCUT2D eigenvalue weighted by atomic mass is 10.0. The Hall–Kier alpha value is -1.80. The summed E-state index contributed by atoms with van der Waals surface area (Å²) < 4.78 is 37.7. The van der Waals surface area contributed by atoms with Crippen molar-refractivity contribution in [2.24, 2.45) is 5.73 Å². The first kappa shape index (κ1) is 13.3. The van der Waals surface area contributed by atoms with Crippen LogP contribution in [0.25, 0.3) is 0 Å². The highest BCUT2D eigenvalue weighted by Crippen LogP contribution is 2.31. The molecule has 0 fully saturated rings. The first-order valence-electron chi connectivity index (χ1n) is 4.84. The number of aldehydes is 1. The third-order valence-electron chi connectivity index (χ3n) is 1.99. The summed E-state index contributed by atoms with van der Waals surface area (Å²) in [7, 11) is 0. The van der Waals surface area contributed by atoms with Crippen LogP contribution in [0.1, 0.15) is 27.9 Å². The highest BCUT2D eigenvalue weighted by molar-refractivity contribution is 5.78. The van der Waals surface area contributed by atoms with Crippen LogP contribution in [0.3, 0.4) is 0 Å². The summed E-state index contributed by atoms with van der Waals surface area (Å²) in [5.41, 5.74) is 4.07. The fourth-order valence-electron chi connectivity index (χ4n) is 1.22. The molecule has 1 aromatic rings. The molecule has 0 atom stereocenters. The van der Waals surface area contributed by atoms with Gasteiger partial charge in [0.25, 0.3) is 0 Å². The Bertz CT molecular complexity index is 469. The van der Waals surface area contributed by atoms with Crippen molar-refractivity contribution in [3.05, 3.63) is 34.9 Å². The second-order valence-electron chi connectivity index (χ2n) is 3.26. The fraction of sp³-hybridized carbons (Fsp3) is 0.250. The van der Waals surface area contributed by atoms with Crippen LogP contribution in [-0.4, -0.2) is 12.8 Å². The summed E-state index contributed by atoms with van der Waals surface area (Å²) in [5, 5.41) is 0. The molecule has 0 saturated heterocycles. The van der Waals surface area contributed by atoms with Crippen molar-refractivity contribution in [1.82, 2.24) is 0 Å². The molecule has 0 aliphatic heterocycles. The second-order valence-corrected chi connectivity index (χ2v) is 3.26. The molecule has 0 aliphatic rings. The Balaban J connectivity index is 3.15. The van der Waals surface area contributed by atoms with Crippen molar-refractivity contribution in [3.63, 3.8) is 0 Å². The molecule has 1 aromatic carbocycles. The zero-order valence-electron chi connectivity index (χ0n) is 8.84. The van der Waals surface area contributed by atoms with Crippen molar-refractivity contribution in [1.29, 1.82) is 0 Å². The van der Waals surface area contributed by atoms with Gasteiger partial charge >= 0.3 is 6.18 Å². The van der Waals surface area contributed by atoms with Gasteiger partial charge in [0.1, 0.15) is 0 Å². The Morgan fingerprint density at radius 2 is 2.06 bits per heavy atom. The van der Waals surface area contributed by atoms with Crippen LogP contribution in [0, 0.1) is 11.8 Å². The van der Waals surface area contributed by atoms with Gasteiger partial charge in [-0.25, -0.2) is 0 Å². The van der Waals surface area contributed by atoms with Crippen molar-refractivity contribution >= 4 is 6.29 Å². The van der Waals surface area contributed by atoms with Crippen LogP contribution in [0.5, 0.6) is 0 Å².